The molecule has 0 unspecified atom stereocenters. The lowest BCUT2D eigenvalue weighted by molar-refractivity contribution is -0.132. The van der Waals surface area contributed by atoms with Crippen LogP contribution in [-0.2, 0) is 14.3 Å². The number of ether oxygens (including phenoxy) is 4. The summed E-state index contributed by atoms with van der Waals surface area (Å²) in [4.78, 5) is 45.1. The Morgan fingerprint density at radius 2 is 1.79 bits per heavy atom. The first-order valence-electron chi connectivity index (χ1n) is 12.0. The van der Waals surface area contributed by atoms with Crippen LogP contribution in [0.4, 0.5) is 5.13 Å². The topological polar surface area (TPSA) is 124 Å². The molecule has 10 nitrogen and oxygen atoms in total. The lowest BCUT2D eigenvalue weighted by Gasteiger charge is -2.24. The molecule has 11 heteroatoms. The molecule has 1 aliphatic rings. The molecular formula is C28H28N2O8S. The van der Waals surface area contributed by atoms with Crippen LogP contribution in [0, 0.1) is 13.8 Å². The third kappa shape index (κ3) is 4.92. The number of rotatable bonds is 8. The van der Waals surface area contributed by atoms with Gasteiger partial charge in [0.15, 0.2) is 16.6 Å². The number of nitrogens with zero attached hydrogens (tertiary/aromatic N) is 2. The molecule has 2 heterocycles. The van der Waals surface area contributed by atoms with Gasteiger partial charge in [0.2, 0.25) is 0 Å². The highest BCUT2D eigenvalue weighted by atomic mass is 32.1. The fraction of sp³-hybridized carbons (Fsp3) is 0.286. The summed E-state index contributed by atoms with van der Waals surface area (Å²) < 4.78 is 21.2. The number of ketones is 1. The number of esters is 1. The van der Waals surface area contributed by atoms with E-state index in [1.165, 1.54) is 26.2 Å². The van der Waals surface area contributed by atoms with E-state index in [0.717, 1.165) is 11.3 Å². The largest absolute Gasteiger partial charge is 0.507 e. The summed E-state index contributed by atoms with van der Waals surface area (Å²) in [6, 6.07) is 8.91. The Labute approximate surface area is 229 Å². The predicted octanol–water partition coefficient (Wildman–Crippen LogP) is 4.59. The van der Waals surface area contributed by atoms with Crippen LogP contribution in [0.2, 0.25) is 0 Å². The molecule has 1 amide bonds. The van der Waals surface area contributed by atoms with Crippen molar-refractivity contribution in [3.05, 3.63) is 69.2 Å². The maximum absolute atomic E-state index is 13.5. The number of Topliss-reactive ketones (excluding diaryl/α,β-unsaturated/α-hetero) is 1. The molecule has 0 spiro atoms. The molecule has 0 radical (unpaired) electrons. The summed E-state index contributed by atoms with van der Waals surface area (Å²) in [5.74, 6) is -1.32. The van der Waals surface area contributed by atoms with Gasteiger partial charge >= 0.3 is 11.9 Å². The van der Waals surface area contributed by atoms with Crippen LogP contribution in [0.1, 0.15) is 45.0 Å². The molecule has 1 fully saturated rings. The molecule has 0 aliphatic carbocycles. The molecule has 2 aromatic carbocycles. The Kier molecular flexibility index (Phi) is 7.91. The predicted molar refractivity (Wildman–Crippen MR) is 145 cm³/mol. The molecule has 39 heavy (non-hydrogen) atoms. The normalized spacial score (nSPS) is 16.4. The molecule has 4 rings (SSSR count). The van der Waals surface area contributed by atoms with Crippen molar-refractivity contribution in [1.29, 1.82) is 0 Å². The Morgan fingerprint density at radius 1 is 1.05 bits per heavy atom. The zero-order valence-corrected chi connectivity index (χ0v) is 23.2. The first-order chi connectivity index (χ1) is 18.7. The van der Waals surface area contributed by atoms with Crippen molar-refractivity contribution < 1.29 is 38.4 Å². The number of hydrogen-bond acceptors (Lipinski definition) is 10. The second kappa shape index (κ2) is 11.2. The van der Waals surface area contributed by atoms with Crippen LogP contribution >= 0.6 is 11.3 Å². The lowest BCUT2D eigenvalue weighted by atomic mass is 9.93. The van der Waals surface area contributed by atoms with E-state index >= 15 is 0 Å². The fourth-order valence-electron chi connectivity index (χ4n) is 4.42. The highest BCUT2D eigenvalue weighted by Crippen LogP contribution is 2.46. The molecule has 1 saturated heterocycles. The van der Waals surface area contributed by atoms with Gasteiger partial charge in [-0.25, -0.2) is 9.78 Å². The van der Waals surface area contributed by atoms with Crippen molar-refractivity contribution in [2.24, 2.45) is 0 Å². The zero-order chi connectivity index (χ0) is 28.4. The molecule has 204 valence electrons. The first kappa shape index (κ1) is 27.6. The lowest BCUT2D eigenvalue weighted by Crippen LogP contribution is -2.29. The van der Waals surface area contributed by atoms with Gasteiger partial charge in [0.05, 0.1) is 45.2 Å². The van der Waals surface area contributed by atoms with Crippen molar-refractivity contribution in [2.75, 3.05) is 32.8 Å². The number of thiazole rings is 1. The molecule has 1 atom stereocenters. The highest BCUT2D eigenvalue weighted by Gasteiger charge is 2.48. The maximum atomic E-state index is 13.5. The van der Waals surface area contributed by atoms with Crippen molar-refractivity contribution in [3.63, 3.8) is 0 Å². The van der Waals surface area contributed by atoms with E-state index < -0.39 is 23.7 Å². The van der Waals surface area contributed by atoms with Crippen LogP contribution in [0.3, 0.4) is 0 Å². The Hall–Kier alpha value is -4.38. The summed E-state index contributed by atoms with van der Waals surface area (Å²) in [7, 11) is 4.25. The third-order valence-electron chi connectivity index (χ3n) is 6.30. The van der Waals surface area contributed by atoms with Crippen molar-refractivity contribution in [2.45, 2.75) is 26.8 Å². The summed E-state index contributed by atoms with van der Waals surface area (Å²) in [6.45, 7) is 5.61. The van der Waals surface area contributed by atoms with Crippen LogP contribution in [0.25, 0.3) is 5.76 Å². The minimum Gasteiger partial charge on any atom is -0.507 e. The number of aromatic nitrogens is 1. The van der Waals surface area contributed by atoms with Crippen LogP contribution in [0.15, 0.2) is 42.0 Å². The van der Waals surface area contributed by atoms with Gasteiger partial charge in [-0.1, -0.05) is 17.4 Å². The van der Waals surface area contributed by atoms with Crippen LogP contribution < -0.4 is 19.1 Å². The SMILES string of the molecule is CCOc1ccc([C@@H]2/C(=C(\O)c3ccc(OC)cc3C)C(=O)C(=O)N2c2nc(C)c(C(=O)OC)s2)cc1OC. The van der Waals surface area contributed by atoms with Crippen molar-refractivity contribution >= 4 is 39.9 Å². The van der Waals surface area contributed by atoms with Gasteiger partial charge in [-0.3, -0.25) is 14.5 Å². The van der Waals surface area contributed by atoms with E-state index in [2.05, 4.69) is 4.98 Å². The highest BCUT2D eigenvalue weighted by molar-refractivity contribution is 7.17. The van der Waals surface area contributed by atoms with Gasteiger partial charge in [-0.15, -0.1) is 0 Å². The maximum Gasteiger partial charge on any atom is 0.350 e. The van der Waals surface area contributed by atoms with Crippen LogP contribution in [0.5, 0.6) is 17.2 Å². The molecular weight excluding hydrogens is 524 g/mol. The van der Waals surface area contributed by atoms with E-state index in [4.69, 9.17) is 18.9 Å². The fourth-order valence-corrected chi connectivity index (χ4v) is 5.43. The zero-order valence-electron chi connectivity index (χ0n) is 22.4. The first-order valence-corrected chi connectivity index (χ1v) is 12.8. The van der Waals surface area contributed by atoms with Crippen LogP contribution in [-0.4, -0.2) is 55.7 Å². The van der Waals surface area contributed by atoms with E-state index in [9.17, 15) is 19.5 Å². The third-order valence-corrected chi connectivity index (χ3v) is 7.44. The molecule has 1 N–H and O–H groups in total. The Balaban J connectivity index is 1.97. The summed E-state index contributed by atoms with van der Waals surface area (Å²) in [5, 5.41) is 11.6. The molecule has 1 aliphatic heterocycles. The summed E-state index contributed by atoms with van der Waals surface area (Å²) in [5.41, 5.74) is 1.68. The smallest absolute Gasteiger partial charge is 0.350 e. The van der Waals surface area contributed by atoms with E-state index in [1.54, 1.807) is 50.2 Å². The number of carbonyl (C=O) groups excluding carboxylic acids is 3. The van der Waals surface area contributed by atoms with Crippen molar-refractivity contribution in [1.82, 2.24) is 4.98 Å². The number of aliphatic hydroxyl groups excluding tert-OH is 1. The second-order valence-electron chi connectivity index (χ2n) is 8.60. The number of hydrogen-bond donors (Lipinski definition) is 1. The number of aliphatic hydroxyl groups is 1. The molecule has 0 saturated carbocycles. The number of anilines is 1. The molecule has 1 aromatic heterocycles. The minimum absolute atomic E-state index is 0.110. The number of benzene rings is 2. The van der Waals surface area contributed by atoms with Gasteiger partial charge < -0.3 is 24.1 Å². The minimum atomic E-state index is -1.08. The number of carbonyl (C=O) groups is 3. The van der Waals surface area contributed by atoms with E-state index in [-0.39, 0.29) is 21.3 Å². The van der Waals surface area contributed by atoms with Gasteiger partial charge in [0, 0.05) is 5.56 Å². The molecule has 3 aromatic rings. The average molecular weight is 553 g/mol. The second-order valence-corrected chi connectivity index (χ2v) is 9.57. The van der Waals surface area contributed by atoms with E-state index in [1.807, 2.05) is 6.92 Å². The van der Waals surface area contributed by atoms with Gasteiger partial charge in [0.25, 0.3) is 5.78 Å². The van der Waals surface area contributed by atoms with E-state index in [0.29, 0.717) is 46.2 Å². The average Bonchev–Trinajstić information content (AvgIpc) is 3.44. The number of aryl methyl sites for hydroxylation is 2. The number of methoxy groups -OCH3 is 3. The Bertz CT molecular complexity index is 1490. The summed E-state index contributed by atoms with van der Waals surface area (Å²) >= 11 is 0.923. The van der Waals surface area contributed by atoms with Crippen molar-refractivity contribution in [3.8, 4) is 17.2 Å². The quantitative estimate of drug-likeness (QED) is 0.185. The van der Waals surface area contributed by atoms with Gasteiger partial charge in [-0.05, 0) is 62.2 Å². The summed E-state index contributed by atoms with van der Waals surface area (Å²) in [6.07, 6.45) is 0. The number of amides is 1. The molecule has 0 bridgehead atoms. The van der Waals surface area contributed by atoms with Gasteiger partial charge in [-0.2, -0.15) is 0 Å². The monoisotopic (exact) mass is 552 g/mol. The Morgan fingerprint density at radius 3 is 2.41 bits per heavy atom. The standard InChI is InChI=1S/C28H28N2O8S/c1-7-38-19-11-8-16(13-20(19)36-5)22-21(23(31)18-10-9-17(35-4)12-14(18)2)24(32)26(33)30(22)28-29-15(3)25(39-28)27(34)37-6/h8-13,22,31H,7H2,1-6H3/b23-21+/t22-/m1/s1. The van der Waals surface area contributed by atoms with Gasteiger partial charge in [0.1, 0.15) is 16.4 Å².